The number of amides is 1. The van der Waals surface area contributed by atoms with Crippen LogP contribution in [0.25, 0.3) is 0 Å². The summed E-state index contributed by atoms with van der Waals surface area (Å²) in [7, 11) is 0. The van der Waals surface area contributed by atoms with Crippen molar-refractivity contribution < 1.29 is 9.53 Å². The number of ether oxygens (including phenoxy) is 1. The minimum atomic E-state index is 0.128. The maximum Gasteiger partial charge on any atom is 0.220 e. The third kappa shape index (κ3) is 6.85. The molecule has 1 aromatic carbocycles. The van der Waals surface area contributed by atoms with Crippen molar-refractivity contribution >= 4 is 5.91 Å². The summed E-state index contributed by atoms with van der Waals surface area (Å²) in [5, 5.41) is 2.99. The van der Waals surface area contributed by atoms with Crippen LogP contribution in [0, 0.1) is 5.92 Å². The SMILES string of the molecule is CCC(CC)CNC(=O)CCCOc1ccccc1. The molecule has 19 heavy (non-hydrogen) atoms. The summed E-state index contributed by atoms with van der Waals surface area (Å²) in [4.78, 5) is 11.6. The Balaban J connectivity index is 2.07. The van der Waals surface area contributed by atoms with E-state index >= 15 is 0 Å². The molecular weight excluding hydrogens is 238 g/mol. The smallest absolute Gasteiger partial charge is 0.220 e. The summed E-state index contributed by atoms with van der Waals surface area (Å²) in [6.45, 7) is 5.70. The molecule has 0 aromatic heterocycles. The van der Waals surface area contributed by atoms with Gasteiger partial charge >= 0.3 is 0 Å². The lowest BCUT2D eigenvalue weighted by Gasteiger charge is -2.13. The Bertz CT molecular complexity index is 347. The van der Waals surface area contributed by atoms with Crippen LogP contribution in [0.5, 0.6) is 5.75 Å². The minimum Gasteiger partial charge on any atom is -0.494 e. The van der Waals surface area contributed by atoms with Crippen molar-refractivity contribution in [1.82, 2.24) is 5.32 Å². The summed E-state index contributed by atoms with van der Waals surface area (Å²) >= 11 is 0. The lowest BCUT2D eigenvalue weighted by atomic mass is 10.0. The van der Waals surface area contributed by atoms with E-state index in [1.165, 1.54) is 0 Å². The molecule has 0 aliphatic rings. The third-order valence-electron chi connectivity index (χ3n) is 3.30. The topological polar surface area (TPSA) is 38.3 Å². The molecule has 0 aliphatic carbocycles. The van der Waals surface area contributed by atoms with Gasteiger partial charge in [0, 0.05) is 13.0 Å². The maximum atomic E-state index is 11.6. The number of hydrogen-bond donors (Lipinski definition) is 1. The number of para-hydroxylation sites is 1. The van der Waals surface area contributed by atoms with Gasteiger partial charge in [-0.25, -0.2) is 0 Å². The van der Waals surface area contributed by atoms with Gasteiger partial charge in [0.15, 0.2) is 0 Å². The predicted octanol–water partition coefficient (Wildman–Crippen LogP) is 3.40. The van der Waals surface area contributed by atoms with Gasteiger partial charge in [-0.15, -0.1) is 0 Å². The van der Waals surface area contributed by atoms with Gasteiger partial charge in [-0.2, -0.15) is 0 Å². The first kappa shape index (κ1) is 15.5. The van der Waals surface area contributed by atoms with E-state index < -0.39 is 0 Å². The third-order valence-corrected chi connectivity index (χ3v) is 3.30. The second-order valence-corrected chi connectivity index (χ2v) is 4.75. The fourth-order valence-corrected chi connectivity index (χ4v) is 1.86. The molecule has 3 heteroatoms. The highest BCUT2D eigenvalue weighted by Gasteiger charge is 2.06. The van der Waals surface area contributed by atoms with Crippen molar-refractivity contribution in [3.63, 3.8) is 0 Å². The molecule has 1 aromatic rings. The average molecular weight is 263 g/mol. The van der Waals surface area contributed by atoms with E-state index in [2.05, 4.69) is 19.2 Å². The normalized spacial score (nSPS) is 10.5. The lowest BCUT2D eigenvalue weighted by molar-refractivity contribution is -0.121. The average Bonchev–Trinajstić information content (AvgIpc) is 2.46. The number of rotatable bonds is 9. The van der Waals surface area contributed by atoms with E-state index in [-0.39, 0.29) is 5.91 Å². The molecule has 1 N–H and O–H groups in total. The summed E-state index contributed by atoms with van der Waals surface area (Å²) in [6, 6.07) is 9.69. The Morgan fingerprint density at radius 2 is 1.89 bits per heavy atom. The highest BCUT2D eigenvalue weighted by molar-refractivity contribution is 5.75. The summed E-state index contributed by atoms with van der Waals surface area (Å²) in [5.41, 5.74) is 0. The van der Waals surface area contributed by atoms with Crippen molar-refractivity contribution in [1.29, 1.82) is 0 Å². The van der Waals surface area contributed by atoms with Crippen molar-refractivity contribution in [2.45, 2.75) is 39.5 Å². The Morgan fingerprint density at radius 3 is 2.53 bits per heavy atom. The molecule has 0 saturated carbocycles. The van der Waals surface area contributed by atoms with Gasteiger partial charge in [-0.1, -0.05) is 44.9 Å². The molecule has 1 amide bonds. The van der Waals surface area contributed by atoms with Gasteiger partial charge in [-0.05, 0) is 24.5 Å². The zero-order valence-corrected chi connectivity index (χ0v) is 12.0. The second kappa shape index (κ2) is 9.42. The van der Waals surface area contributed by atoms with E-state index in [1.54, 1.807) is 0 Å². The predicted molar refractivity (Wildman–Crippen MR) is 78.3 cm³/mol. The molecular formula is C16H25NO2. The number of benzene rings is 1. The first-order chi connectivity index (χ1) is 9.26. The van der Waals surface area contributed by atoms with Gasteiger partial charge in [0.1, 0.15) is 5.75 Å². The Kier molecular flexibility index (Phi) is 7.71. The monoisotopic (exact) mass is 263 g/mol. The first-order valence-electron chi connectivity index (χ1n) is 7.20. The first-order valence-corrected chi connectivity index (χ1v) is 7.20. The van der Waals surface area contributed by atoms with Crippen LogP contribution in [0.4, 0.5) is 0 Å². The van der Waals surface area contributed by atoms with Crippen LogP contribution < -0.4 is 10.1 Å². The van der Waals surface area contributed by atoms with Crippen LogP contribution in [-0.4, -0.2) is 19.1 Å². The maximum absolute atomic E-state index is 11.6. The molecule has 0 spiro atoms. The van der Waals surface area contributed by atoms with Crippen molar-refractivity contribution in [2.75, 3.05) is 13.2 Å². The summed E-state index contributed by atoms with van der Waals surface area (Å²) in [6.07, 6.45) is 3.53. The quantitative estimate of drug-likeness (QED) is 0.693. The van der Waals surface area contributed by atoms with Crippen molar-refractivity contribution in [2.24, 2.45) is 5.92 Å². The molecule has 0 saturated heterocycles. The highest BCUT2D eigenvalue weighted by Crippen LogP contribution is 2.09. The number of carbonyl (C=O) groups is 1. The molecule has 0 heterocycles. The molecule has 0 radical (unpaired) electrons. The molecule has 0 aliphatic heterocycles. The largest absolute Gasteiger partial charge is 0.494 e. The van der Waals surface area contributed by atoms with Crippen molar-refractivity contribution in [3.05, 3.63) is 30.3 Å². The molecule has 1 rings (SSSR count). The van der Waals surface area contributed by atoms with E-state index in [1.807, 2.05) is 30.3 Å². The van der Waals surface area contributed by atoms with E-state index in [0.29, 0.717) is 18.9 Å². The zero-order valence-electron chi connectivity index (χ0n) is 12.0. The van der Waals surface area contributed by atoms with Gasteiger partial charge < -0.3 is 10.1 Å². The number of hydrogen-bond acceptors (Lipinski definition) is 2. The van der Waals surface area contributed by atoms with Crippen LogP contribution in [0.15, 0.2) is 30.3 Å². The number of carbonyl (C=O) groups excluding carboxylic acids is 1. The highest BCUT2D eigenvalue weighted by atomic mass is 16.5. The molecule has 3 nitrogen and oxygen atoms in total. The summed E-state index contributed by atoms with van der Waals surface area (Å²) < 4.78 is 5.54. The Morgan fingerprint density at radius 1 is 1.21 bits per heavy atom. The molecule has 0 fully saturated rings. The van der Waals surface area contributed by atoms with Crippen LogP contribution >= 0.6 is 0 Å². The van der Waals surface area contributed by atoms with Crippen LogP contribution in [0.1, 0.15) is 39.5 Å². The van der Waals surface area contributed by atoms with Gasteiger partial charge in [0.05, 0.1) is 6.61 Å². The molecule has 0 bridgehead atoms. The van der Waals surface area contributed by atoms with Crippen LogP contribution in [0.3, 0.4) is 0 Å². The minimum absolute atomic E-state index is 0.128. The van der Waals surface area contributed by atoms with E-state index in [0.717, 1.165) is 31.6 Å². The van der Waals surface area contributed by atoms with E-state index in [9.17, 15) is 4.79 Å². The van der Waals surface area contributed by atoms with Crippen LogP contribution in [0.2, 0.25) is 0 Å². The second-order valence-electron chi connectivity index (χ2n) is 4.75. The number of nitrogens with one attached hydrogen (secondary N) is 1. The zero-order chi connectivity index (χ0) is 13.9. The fourth-order valence-electron chi connectivity index (χ4n) is 1.86. The van der Waals surface area contributed by atoms with Crippen molar-refractivity contribution in [3.8, 4) is 5.75 Å². The van der Waals surface area contributed by atoms with E-state index in [4.69, 9.17) is 4.74 Å². The van der Waals surface area contributed by atoms with Gasteiger partial charge in [0.2, 0.25) is 5.91 Å². The molecule has 0 atom stereocenters. The van der Waals surface area contributed by atoms with Gasteiger partial charge in [0.25, 0.3) is 0 Å². The summed E-state index contributed by atoms with van der Waals surface area (Å²) in [5.74, 6) is 1.59. The van der Waals surface area contributed by atoms with Gasteiger partial charge in [-0.3, -0.25) is 4.79 Å². The Hall–Kier alpha value is -1.51. The Labute approximate surface area is 116 Å². The molecule has 106 valence electrons. The molecule has 0 unspecified atom stereocenters. The lowest BCUT2D eigenvalue weighted by Crippen LogP contribution is -2.28. The van der Waals surface area contributed by atoms with Crippen LogP contribution in [-0.2, 0) is 4.79 Å². The fraction of sp³-hybridized carbons (Fsp3) is 0.562. The standard InChI is InChI=1S/C16H25NO2/c1-3-14(4-2)13-17-16(18)11-8-12-19-15-9-6-5-7-10-15/h5-7,9-10,14H,3-4,8,11-13H2,1-2H3,(H,17,18).